The second kappa shape index (κ2) is 11.5. The molecule has 3 N–H and O–H groups in total. The van der Waals surface area contributed by atoms with E-state index in [4.69, 9.17) is 19.9 Å². The van der Waals surface area contributed by atoms with Crippen LogP contribution in [0.1, 0.15) is 51.9 Å². The average Bonchev–Trinajstić information content (AvgIpc) is 3.18. The van der Waals surface area contributed by atoms with E-state index in [1.165, 1.54) is 0 Å². The molecule has 1 aromatic rings. The summed E-state index contributed by atoms with van der Waals surface area (Å²) in [6, 6.07) is 7.75. The first-order valence-corrected chi connectivity index (χ1v) is 10.2. The number of carbonyl (C=O) groups is 1. The van der Waals surface area contributed by atoms with Gasteiger partial charge in [0.2, 0.25) is 5.91 Å². The Hall–Kier alpha value is -1.50. The molecule has 7 heteroatoms. The summed E-state index contributed by atoms with van der Waals surface area (Å²) in [4.78, 5) is 12.6. The molecular weight excluding hydrogens is 380 g/mol. The third-order valence-electron chi connectivity index (χ3n) is 5.28. The molecule has 2 aliphatic rings. The highest BCUT2D eigenvalue weighted by atomic mass is 35.5. The van der Waals surface area contributed by atoms with Gasteiger partial charge in [-0.25, -0.2) is 0 Å². The van der Waals surface area contributed by atoms with Crippen molar-refractivity contribution in [1.29, 1.82) is 0 Å². The second-order valence-corrected chi connectivity index (χ2v) is 7.44. The molecule has 158 valence electrons. The van der Waals surface area contributed by atoms with Crippen LogP contribution in [0.4, 0.5) is 0 Å². The molecule has 1 aliphatic carbocycles. The molecule has 0 radical (unpaired) electrons. The van der Waals surface area contributed by atoms with Crippen molar-refractivity contribution in [1.82, 2.24) is 5.32 Å². The minimum absolute atomic E-state index is 0. The Morgan fingerprint density at radius 2 is 1.86 bits per heavy atom. The van der Waals surface area contributed by atoms with Crippen LogP contribution in [0.3, 0.4) is 0 Å². The van der Waals surface area contributed by atoms with Gasteiger partial charge in [0.1, 0.15) is 23.7 Å². The lowest BCUT2D eigenvalue weighted by Crippen LogP contribution is -2.50. The first-order chi connectivity index (χ1) is 13.2. The molecule has 2 fully saturated rings. The van der Waals surface area contributed by atoms with E-state index in [0.29, 0.717) is 13.2 Å². The van der Waals surface area contributed by atoms with Gasteiger partial charge in [-0.15, -0.1) is 12.4 Å². The SMILES string of the molecule is CCCOc1ccc(OC2CCCCC2NC(=O)[C@@H]2CC[C@H](CN)O2)cc1.Cl. The lowest BCUT2D eigenvalue weighted by atomic mass is 9.92. The third kappa shape index (κ3) is 6.26. The van der Waals surface area contributed by atoms with Gasteiger partial charge in [0.15, 0.2) is 0 Å². The van der Waals surface area contributed by atoms with Gasteiger partial charge in [0.25, 0.3) is 0 Å². The quantitative estimate of drug-likeness (QED) is 0.685. The number of halogens is 1. The molecule has 1 aliphatic heterocycles. The van der Waals surface area contributed by atoms with Crippen LogP contribution in [-0.2, 0) is 9.53 Å². The molecular formula is C21H33ClN2O4. The van der Waals surface area contributed by atoms with Gasteiger partial charge in [-0.05, 0) is 62.8 Å². The highest BCUT2D eigenvalue weighted by molar-refractivity contribution is 5.85. The Morgan fingerprint density at radius 1 is 1.14 bits per heavy atom. The maximum absolute atomic E-state index is 12.6. The van der Waals surface area contributed by atoms with Crippen molar-refractivity contribution in [3.63, 3.8) is 0 Å². The Labute approximate surface area is 173 Å². The molecule has 3 rings (SSSR count). The number of hydrogen-bond donors (Lipinski definition) is 2. The van der Waals surface area contributed by atoms with Crippen LogP contribution >= 0.6 is 12.4 Å². The molecule has 1 amide bonds. The fraction of sp³-hybridized carbons (Fsp3) is 0.667. The molecule has 6 nitrogen and oxygen atoms in total. The number of ether oxygens (including phenoxy) is 3. The molecule has 0 aromatic heterocycles. The summed E-state index contributed by atoms with van der Waals surface area (Å²) in [5, 5.41) is 3.16. The van der Waals surface area contributed by atoms with Crippen molar-refractivity contribution >= 4 is 18.3 Å². The van der Waals surface area contributed by atoms with Crippen molar-refractivity contribution in [3.05, 3.63) is 24.3 Å². The number of carbonyl (C=O) groups excluding carboxylic acids is 1. The molecule has 2 unspecified atom stereocenters. The summed E-state index contributed by atoms with van der Waals surface area (Å²) in [6.07, 6.45) is 6.28. The third-order valence-corrected chi connectivity index (χ3v) is 5.28. The summed E-state index contributed by atoms with van der Waals surface area (Å²) >= 11 is 0. The standard InChI is InChI=1S/C21H32N2O4.ClH/c1-2-13-25-15-7-9-16(10-8-15)26-19-6-4-3-5-18(19)23-21(24)20-12-11-17(14-22)27-20;/h7-10,17-20H,2-6,11-14,22H2,1H3,(H,23,24);1H/t17-,18?,19?,20+;/m1./s1. The zero-order valence-electron chi connectivity index (χ0n) is 16.6. The Kier molecular flexibility index (Phi) is 9.35. The zero-order valence-corrected chi connectivity index (χ0v) is 17.4. The van der Waals surface area contributed by atoms with Gasteiger partial charge >= 0.3 is 0 Å². The molecule has 0 spiro atoms. The fourth-order valence-electron chi connectivity index (χ4n) is 3.76. The van der Waals surface area contributed by atoms with Crippen LogP contribution in [0.2, 0.25) is 0 Å². The molecule has 28 heavy (non-hydrogen) atoms. The van der Waals surface area contributed by atoms with Crippen LogP contribution in [-0.4, -0.2) is 43.4 Å². The normalized spacial score (nSPS) is 26.9. The summed E-state index contributed by atoms with van der Waals surface area (Å²) < 4.78 is 17.5. The van der Waals surface area contributed by atoms with Crippen molar-refractivity contribution < 1.29 is 19.0 Å². The lowest BCUT2D eigenvalue weighted by Gasteiger charge is -2.33. The first-order valence-electron chi connectivity index (χ1n) is 10.2. The fourth-order valence-corrected chi connectivity index (χ4v) is 3.76. The van der Waals surface area contributed by atoms with E-state index in [1.807, 2.05) is 24.3 Å². The van der Waals surface area contributed by atoms with Crippen LogP contribution in [0.25, 0.3) is 0 Å². The van der Waals surface area contributed by atoms with E-state index in [0.717, 1.165) is 56.4 Å². The first kappa shape index (κ1) is 22.8. The number of rotatable bonds is 8. The van der Waals surface area contributed by atoms with E-state index in [9.17, 15) is 4.79 Å². The average molecular weight is 413 g/mol. The molecule has 1 aromatic carbocycles. The van der Waals surface area contributed by atoms with Crippen molar-refractivity contribution in [2.24, 2.45) is 5.73 Å². The van der Waals surface area contributed by atoms with Gasteiger partial charge in [-0.1, -0.05) is 13.3 Å². The topological polar surface area (TPSA) is 82.8 Å². The lowest BCUT2D eigenvalue weighted by molar-refractivity contribution is -0.133. The summed E-state index contributed by atoms with van der Waals surface area (Å²) in [7, 11) is 0. The highest BCUT2D eigenvalue weighted by Gasteiger charge is 2.34. The van der Waals surface area contributed by atoms with Gasteiger partial charge in [-0.2, -0.15) is 0 Å². The van der Waals surface area contributed by atoms with Crippen LogP contribution in [0.5, 0.6) is 11.5 Å². The predicted octanol–water partition coefficient (Wildman–Crippen LogP) is 3.21. The van der Waals surface area contributed by atoms with Crippen molar-refractivity contribution in [2.75, 3.05) is 13.2 Å². The monoisotopic (exact) mass is 412 g/mol. The maximum atomic E-state index is 12.6. The Morgan fingerprint density at radius 3 is 2.54 bits per heavy atom. The van der Waals surface area contributed by atoms with E-state index in [-0.39, 0.29) is 42.7 Å². The van der Waals surface area contributed by atoms with E-state index in [2.05, 4.69) is 12.2 Å². The number of hydrogen-bond acceptors (Lipinski definition) is 5. The summed E-state index contributed by atoms with van der Waals surface area (Å²) in [5.41, 5.74) is 5.64. The Bertz CT molecular complexity index is 599. The predicted molar refractivity (Wildman–Crippen MR) is 111 cm³/mol. The maximum Gasteiger partial charge on any atom is 0.249 e. The molecule has 1 saturated carbocycles. The van der Waals surface area contributed by atoms with Crippen molar-refractivity contribution in [2.45, 2.75) is 76.2 Å². The minimum Gasteiger partial charge on any atom is -0.494 e. The van der Waals surface area contributed by atoms with E-state index >= 15 is 0 Å². The molecule has 0 bridgehead atoms. The van der Waals surface area contributed by atoms with Crippen molar-refractivity contribution in [3.8, 4) is 11.5 Å². The largest absolute Gasteiger partial charge is 0.494 e. The molecule has 4 atom stereocenters. The minimum atomic E-state index is -0.379. The van der Waals surface area contributed by atoms with Crippen LogP contribution < -0.4 is 20.5 Å². The smallest absolute Gasteiger partial charge is 0.249 e. The number of nitrogens with two attached hydrogens (primary N) is 1. The van der Waals surface area contributed by atoms with E-state index < -0.39 is 0 Å². The van der Waals surface area contributed by atoms with Gasteiger partial charge < -0.3 is 25.3 Å². The molecule has 1 saturated heterocycles. The zero-order chi connectivity index (χ0) is 19.1. The summed E-state index contributed by atoms with van der Waals surface area (Å²) in [6.45, 7) is 3.27. The van der Waals surface area contributed by atoms with Crippen LogP contribution in [0, 0.1) is 0 Å². The molecule has 1 heterocycles. The van der Waals surface area contributed by atoms with Gasteiger partial charge in [0, 0.05) is 6.54 Å². The number of amides is 1. The highest BCUT2D eigenvalue weighted by Crippen LogP contribution is 2.26. The number of nitrogens with one attached hydrogen (secondary N) is 1. The van der Waals surface area contributed by atoms with E-state index in [1.54, 1.807) is 0 Å². The Balaban J connectivity index is 0.00000280. The van der Waals surface area contributed by atoms with Crippen LogP contribution in [0.15, 0.2) is 24.3 Å². The number of benzene rings is 1. The van der Waals surface area contributed by atoms with Gasteiger partial charge in [-0.3, -0.25) is 4.79 Å². The summed E-state index contributed by atoms with van der Waals surface area (Å²) in [5.74, 6) is 1.63. The van der Waals surface area contributed by atoms with Gasteiger partial charge in [0.05, 0.1) is 18.8 Å². The second-order valence-electron chi connectivity index (χ2n) is 7.44.